The Bertz CT molecular complexity index is 448. The van der Waals surface area contributed by atoms with Crippen LogP contribution in [0, 0.1) is 5.92 Å². The molecule has 1 saturated carbocycles. The Hall–Kier alpha value is -1.35. The van der Waals surface area contributed by atoms with Crippen LogP contribution in [0.3, 0.4) is 0 Å². The average molecular weight is 275 g/mol. The molecule has 1 aliphatic carbocycles. The lowest BCUT2D eigenvalue weighted by atomic mass is 9.87. The third-order valence-electron chi connectivity index (χ3n) is 4.18. The van der Waals surface area contributed by atoms with Gasteiger partial charge in [0.1, 0.15) is 0 Å². The first-order valence-electron chi connectivity index (χ1n) is 7.62. The number of hydrogen-bond donors (Lipinski definition) is 2. The Balaban J connectivity index is 1.87. The summed E-state index contributed by atoms with van der Waals surface area (Å²) in [5.74, 6) is 0.955. The van der Waals surface area contributed by atoms with Crippen molar-refractivity contribution in [1.29, 1.82) is 0 Å². The molecule has 1 aromatic carbocycles. The van der Waals surface area contributed by atoms with Crippen LogP contribution in [0.25, 0.3) is 0 Å². The van der Waals surface area contributed by atoms with Crippen LogP contribution in [-0.4, -0.2) is 23.7 Å². The maximum Gasteiger partial charge on any atom is 0.251 e. The molecule has 0 atom stereocenters. The van der Waals surface area contributed by atoms with Gasteiger partial charge in [0.25, 0.3) is 5.91 Å². The summed E-state index contributed by atoms with van der Waals surface area (Å²) in [5, 5.41) is 12.5. The van der Waals surface area contributed by atoms with Crippen molar-refractivity contribution < 1.29 is 9.90 Å². The van der Waals surface area contributed by atoms with E-state index in [-0.39, 0.29) is 12.0 Å². The van der Waals surface area contributed by atoms with E-state index in [1.807, 2.05) is 18.2 Å². The summed E-state index contributed by atoms with van der Waals surface area (Å²) in [6, 6.07) is 7.85. The highest BCUT2D eigenvalue weighted by atomic mass is 16.3. The van der Waals surface area contributed by atoms with E-state index in [1.165, 1.54) is 5.56 Å². The minimum Gasteiger partial charge on any atom is -0.393 e. The van der Waals surface area contributed by atoms with Crippen molar-refractivity contribution in [3.8, 4) is 0 Å². The monoisotopic (exact) mass is 275 g/mol. The van der Waals surface area contributed by atoms with Crippen LogP contribution in [0.1, 0.15) is 61.4 Å². The van der Waals surface area contributed by atoms with Gasteiger partial charge >= 0.3 is 0 Å². The summed E-state index contributed by atoms with van der Waals surface area (Å²) in [6.07, 6.45) is 3.61. The number of benzene rings is 1. The molecule has 0 aromatic heterocycles. The SMILES string of the molecule is CC(C)c1cccc(C(=O)NCC2CCC(O)CC2)c1. The maximum absolute atomic E-state index is 12.2. The lowest BCUT2D eigenvalue weighted by Gasteiger charge is -2.25. The summed E-state index contributed by atoms with van der Waals surface area (Å²) in [4.78, 5) is 12.2. The predicted octanol–water partition coefficient (Wildman–Crippen LogP) is 3.09. The van der Waals surface area contributed by atoms with Crippen molar-refractivity contribution in [2.24, 2.45) is 5.92 Å². The van der Waals surface area contributed by atoms with E-state index in [0.29, 0.717) is 11.8 Å². The van der Waals surface area contributed by atoms with Crippen molar-refractivity contribution in [2.75, 3.05) is 6.54 Å². The molecule has 0 aliphatic heterocycles. The van der Waals surface area contributed by atoms with Crippen molar-refractivity contribution in [1.82, 2.24) is 5.32 Å². The molecular formula is C17H25NO2. The van der Waals surface area contributed by atoms with Crippen LogP contribution in [0.15, 0.2) is 24.3 Å². The molecule has 3 heteroatoms. The van der Waals surface area contributed by atoms with Crippen molar-refractivity contribution >= 4 is 5.91 Å². The van der Waals surface area contributed by atoms with Gasteiger partial charge in [-0.05, 0) is 55.2 Å². The second-order valence-electron chi connectivity index (χ2n) is 6.16. The van der Waals surface area contributed by atoms with Crippen molar-refractivity contribution in [3.63, 3.8) is 0 Å². The predicted molar refractivity (Wildman–Crippen MR) is 80.8 cm³/mol. The number of rotatable bonds is 4. The molecule has 0 unspecified atom stereocenters. The van der Waals surface area contributed by atoms with Crippen LogP contribution >= 0.6 is 0 Å². The van der Waals surface area contributed by atoms with Crippen molar-refractivity contribution in [3.05, 3.63) is 35.4 Å². The number of hydrogen-bond acceptors (Lipinski definition) is 2. The van der Waals surface area contributed by atoms with E-state index in [4.69, 9.17) is 0 Å². The summed E-state index contributed by atoms with van der Waals surface area (Å²) >= 11 is 0. The van der Waals surface area contributed by atoms with E-state index in [0.717, 1.165) is 37.8 Å². The average Bonchev–Trinajstić information content (AvgIpc) is 2.46. The third-order valence-corrected chi connectivity index (χ3v) is 4.18. The molecule has 0 bridgehead atoms. The molecule has 20 heavy (non-hydrogen) atoms. The van der Waals surface area contributed by atoms with Gasteiger partial charge in [-0.1, -0.05) is 26.0 Å². The molecule has 2 N–H and O–H groups in total. The first-order chi connectivity index (χ1) is 9.56. The second kappa shape index (κ2) is 6.89. The summed E-state index contributed by atoms with van der Waals surface area (Å²) in [7, 11) is 0. The fourth-order valence-electron chi connectivity index (χ4n) is 2.73. The topological polar surface area (TPSA) is 49.3 Å². The van der Waals surface area contributed by atoms with Gasteiger partial charge in [0.05, 0.1) is 6.10 Å². The molecule has 2 rings (SSSR count). The number of nitrogens with one attached hydrogen (secondary N) is 1. The van der Waals surface area contributed by atoms with Gasteiger partial charge in [0.2, 0.25) is 0 Å². The number of carbonyl (C=O) groups excluding carboxylic acids is 1. The first-order valence-corrected chi connectivity index (χ1v) is 7.62. The molecule has 1 fully saturated rings. The highest BCUT2D eigenvalue weighted by Crippen LogP contribution is 2.23. The van der Waals surface area contributed by atoms with E-state index in [9.17, 15) is 9.90 Å². The largest absolute Gasteiger partial charge is 0.393 e. The summed E-state index contributed by atoms with van der Waals surface area (Å²) < 4.78 is 0. The molecule has 0 saturated heterocycles. The van der Waals surface area contributed by atoms with Crippen LogP contribution in [0.5, 0.6) is 0 Å². The Morgan fingerprint density at radius 1 is 1.30 bits per heavy atom. The number of carbonyl (C=O) groups is 1. The zero-order valence-corrected chi connectivity index (χ0v) is 12.4. The highest BCUT2D eigenvalue weighted by molar-refractivity contribution is 5.94. The molecule has 1 aromatic rings. The lowest BCUT2D eigenvalue weighted by molar-refractivity contribution is 0.0910. The van der Waals surface area contributed by atoms with Crippen molar-refractivity contribution in [2.45, 2.75) is 51.6 Å². The minimum atomic E-state index is -0.135. The molecule has 0 spiro atoms. The molecule has 0 radical (unpaired) electrons. The van der Waals surface area contributed by atoms with Gasteiger partial charge in [-0.15, -0.1) is 0 Å². The second-order valence-corrected chi connectivity index (χ2v) is 6.16. The lowest BCUT2D eigenvalue weighted by Crippen LogP contribution is -2.32. The Morgan fingerprint density at radius 2 is 2.00 bits per heavy atom. The standard InChI is InChI=1S/C17H25NO2/c1-12(2)14-4-3-5-15(10-14)17(20)18-11-13-6-8-16(19)9-7-13/h3-5,10,12-13,16,19H,6-9,11H2,1-2H3,(H,18,20). The fraction of sp³-hybridized carbons (Fsp3) is 0.588. The minimum absolute atomic E-state index is 0.0126. The van der Waals surface area contributed by atoms with E-state index < -0.39 is 0 Å². The molecule has 0 heterocycles. The van der Waals surface area contributed by atoms with Gasteiger partial charge in [-0.2, -0.15) is 0 Å². The molecule has 1 amide bonds. The molecule has 3 nitrogen and oxygen atoms in total. The Labute approximate surface area is 121 Å². The maximum atomic E-state index is 12.2. The van der Waals surface area contributed by atoms with Gasteiger partial charge in [0.15, 0.2) is 0 Å². The summed E-state index contributed by atoms with van der Waals surface area (Å²) in [5.41, 5.74) is 1.94. The van der Waals surface area contributed by atoms with Gasteiger partial charge in [-0.3, -0.25) is 4.79 Å². The van der Waals surface area contributed by atoms with Gasteiger partial charge < -0.3 is 10.4 Å². The van der Waals surface area contributed by atoms with Crippen LogP contribution in [0.4, 0.5) is 0 Å². The zero-order valence-electron chi connectivity index (χ0n) is 12.4. The normalized spacial score (nSPS) is 22.8. The molecular weight excluding hydrogens is 250 g/mol. The molecule has 110 valence electrons. The Morgan fingerprint density at radius 3 is 2.65 bits per heavy atom. The zero-order chi connectivity index (χ0) is 14.5. The first kappa shape index (κ1) is 15.0. The quantitative estimate of drug-likeness (QED) is 0.887. The number of aliphatic hydroxyl groups excluding tert-OH is 1. The third kappa shape index (κ3) is 4.07. The fourth-order valence-corrected chi connectivity index (χ4v) is 2.73. The van der Waals surface area contributed by atoms with Crippen LogP contribution in [0.2, 0.25) is 0 Å². The smallest absolute Gasteiger partial charge is 0.251 e. The Kier molecular flexibility index (Phi) is 5.18. The van der Waals surface area contributed by atoms with Crippen LogP contribution < -0.4 is 5.32 Å². The number of aliphatic hydroxyl groups is 1. The van der Waals surface area contributed by atoms with Gasteiger partial charge in [0, 0.05) is 12.1 Å². The number of amides is 1. The van der Waals surface area contributed by atoms with E-state index >= 15 is 0 Å². The van der Waals surface area contributed by atoms with E-state index in [1.54, 1.807) is 0 Å². The summed E-state index contributed by atoms with van der Waals surface area (Å²) in [6.45, 7) is 4.98. The highest BCUT2D eigenvalue weighted by Gasteiger charge is 2.20. The van der Waals surface area contributed by atoms with Crippen LogP contribution in [-0.2, 0) is 0 Å². The molecule has 1 aliphatic rings. The van der Waals surface area contributed by atoms with E-state index in [2.05, 4.69) is 25.2 Å². The van der Waals surface area contributed by atoms with Gasteiger partial charge in [-0.25, -0.2) is 0 Å².